The van der Waals surface area contributed by atoms with E-state index in [0.29, 0.717) is 18.9 Å². The molecule has 3 rings (SSSR count). The van der Waals surface area contributed by atoms with Crippen LogP contribution in [0.5, 0.6) is 0 Å². The summed E-state index contributed by atoms with van der Waals surface area (Å²) in [7, 11) is 0. The van der Waals surface area contributed by atoms with E-state index in [0.717, 1.165) is 18.8 Å². The molecule has 2 aromatic rings. The highest BCUT2D eigenvalue weighted by Crippen LogP contribution is 2.24. The second-order valence-corrected chi connectivity index (χ2v) is 5.50. The minimum atomic E-state index is -0.535. The Labute approximate surface area is 144 Å². The third-order valence-corrected chi connectivity index (χ3v) is 3.85. The lowest BCUT2D eigenvalue weighted by molar-refractivity contribution is -0.383. The van der Waals surface area contributed by atoms with Gasteiger partial charge in [0.1, 0.15) is 5.69 Å². The minimum Gasteiger partial charge on any atom is -0.378 e. The first-order chi connectivity index (χ1) is 12.1. The summed E-state index contributed by atoms with van der Waals surface area (Å²) in [5.41, 5.74) is 1.66. The first kappa shape index (κ1) is 16.7. The minimum absolute atomic E-state index is 0.148. The molecule has 1 heterocycles. The maximum absolute atomic E-state index is 12.1. The maximum atomic E-state index is 12.1. The Balaban J connectivity index is 1.62. The van der Waals surface area contributed by atoms with Gasteiger partial charge in [0.25, 0.3) is 5.69 Å². The number of hydrogen-bond donors (Lipinski definition) is 2. The zero-order valence-corrected chi connectivity index (χ0v) is 13.5. The third-order valence-electron chi connectivity index (χ3n) is 3.85. The number of urea groups is 1. The molecular weight excluding hydrogens is 324 g/mol. The number of nitrogens with zero attached hydrogens (tertiary/aromatic N) is 2. The number of rotatable bonds is 4. The van der Waals surface area contributed by atoms with Crippen LogP contribution in [0.4, 0.5) is 27.5 Å². The number of anilines is 3. The topological polar surface area (TPSA) is 96.7 Å². The van der Waals surface area contributed by atoms with Gasteiger partial charge in [0, 0.05) is 30.5 Å². The standard InChI is InChI=1S/C17H18N4O4/c22-17(19-15-3-1-2-4-16(15)21(23)24)18-13-5-7-14(8-6-13)20-9-11-25-12-10-20/h1-8H,9-12H2,(H2,18,19,22). The molecule has 0 aliphatic carbocycles. The zero-order valence-electron chi connectivity index (χ0n) is 13.5. The molecule has 0 saturated carbocycles. The van der Waals surface area contributed by atoms with E-state index in [9.17, 15) is 14.9 Å². The van der Waals surface area contributed by atoms with Crippen molar-refractivity contribution in [2.24, 2.45) is 0 Å². The predicted molar refractivity (Wildman–Crippen MR) is 95.2 cm³/mol. The molecule has 0 unspecified atom stereocenters. The summed E-state index contributed by atoms with van der Waals surface area (Å²) in [6.07, 6.45) is 0. The number of para-hydroxylation sites is 2. The second kappa shape index (κ2) is 7.63. The highest BCUT2D eigenvalue weighted by atomic mass is 16.6. The maximum Gasteiger partial charge on any atom is 0.323 e. The van der Waals surface area contributed by atoms with Gasteiger partial charge in [-0.25, -0.2) is 4.79 Å². The quantitative estimate of drug-likeness (QED) is 0.657. The molecule has 1 fully saturated rings. The van der Waals surface area contributed by atoms with Crippen molar-refractivity contribution < 1.29 is 14.5 Å². The van der Waals surface area contributed by atoms with Crippen molar-refractivity contribution in [3.8, 4) is 0 Å². The Morgan fingerprint density at radius 2 is 1.72 bits per heavy atom. The van der Waals surface area contributed by atoms with Crippen LogP contribution in [0.15, 0.2) is 48.5 Å². The van der Waals surface area contributed by atoms with Crippen LogP contribution in [-0.4, -0.2) is 37.3 Å². The van der Waals surface area contributed by atoms with Gasteiger partial charge in [0.15, 0.2) is 0 Å². The largest absolute Gasteiger partial charge is 0.378 e. The van der Waals surface area contributed by atoms with Gasteiger partial charge < -0.3 is 20.3 Å². The van der Waals surface area contributed by atoms with Gasteiger partial charge in [-0.3, -0.25) is 10.1 Å². The Morgan fingerprint density at radius 1 is 1.04 bits per heavy atom. The number of hydrogen-bond acceptors (Lipinski definition) is 5. The van der Waals surface area contributed by atoms with Gasteiger partial charge in [-0.1, -0.05) is 12.1 Å². The van der Waals surface area contributed by atoms with Crippen LogP contribution in [0.1, 0.15) is 0 Å². The Morgan fingerprint density at radius 3 is 2.40 bits per heavy atom. The molecule has 2 amide bonds. The van der Waals surface area contributed by atoms with Crippen molar-refractivity contribution in [1.29, 1.82) is 0 Å². The Bertz CT molecular complexity index is 757. The molecule has 0 radical (unpaired) electrons. The van der Waals surface area contributed by atoms with Crippen molar-refractivity contribution in [3.63, 3.8) is 0 Å². The molecular formula is C17H18N4O4. The molecule has 130 valence electrons. The summed E-state index contributed by atoms with van der Waals surface area (Å²) in [4.78, 5) is 24.7. The number of benzene rings is 2. The number of nitrogens with one attached hydrogen (secondary N) is 2. The molecule has 2 aromatic carbocycles. The number of carbonyl (C=O) groups is 1. The number of nitro benzene ring substituents is 1. The lowest BCUT2D eigenvalue weighted by atomic mass is 10.2. The number of ether oxygens (including phenoxy) is 1. The molecule has 0 bridgehead atoms. The van der Waals surface area contributed by atoms with E-state index >= 15 is 0 Å². The fraction of sp³-hybridized carbons (Fsp3) is 0.235. The van der Waals surface area contributed by atoms with E-state index in [2.05, 4.69) is 15.5 Å². The first-order valence-electron chi connectivity index (χ1n) is 7.88. The first-order valence-corrected chi connectivity index (χ1v) is 7.88. The Hall–Kier alpha value is -3.13. The summed E-state index contributed by atoms with van der Waals surface area (Å²) >= 11 is 0. The fourth-order valence-electron chi connectivity index (χ4n) is 2.60. The molecule has 1 aliphatic rings. The number of carbonyl (C=O) groups excluding carboxylic acids is 1. The average molecular weight is 342 g/mol. The van der Waals surface area contributed by atoms with Gasteiger partial charge in [0.2, 0.25) is 0 Å². The molecule has 2 N–H and O–H groups in total. The van der Waals surface area contributed by atoms with Crippen molar-refractivity contribution in [2.75, 3.05) is 41.8 Å². The summed E-state index contributed by atoms with van der Waals surface area (Å²) in [6.45, 7) is 3.09. The highest BCUT2D eigenvalue weighted by molar-refractivity contribution is 6.01. The smallest absolute Gasteiger partial charge is 0.323 e. The molecule has 0 spiro atoms. The van der Waals surface area contributed by atoms with Crippen LogP contribution < -0.4 is 15.5 Å². The van der Waals surface area contributed by atoms with E-state index in [-0.39, 0.29) is 11.4 Å². The van der Waals surface area contributed by atoms with Crippen LogP contribution in [0.3, 0.4) is 0 Å². The second-order valence-electron chi connectivity index (χ2n) is 5.50. The Kier molecular flexibility index (Phi) is 5.10. The van der Waals surface area contributed by atoms with Crippen LogP contribution in [0, 0.1) is 10.1 Å². The number of amides is 2. The monoisotopic (exact) mass is 342 g/mol. The molecule has 0 aromatic heterocycles. The molecule has 0 atom stereocenters. The molecule has 8 nitrogen and oxygen atoms in total. The number of morpholine rings is 1. The van der Waals surface area contributed by atoms with Crippen LogP contribution >= 0.6 is 0 Å². The van der Waals surface area contributed by atoms with Gasteiger partial charge in [-0.2, -0.15) is 0 Å². The van der Waals surface area contributed by atoms with E-state index in [1.165, 1.54) is 12.1 Å². The SMILES string of the molecule is O=C(Nc1ccc(N2CCOCC2)cc1)Nc1ccccc1[N+](=O)[O-]. The van der Waals surface area contributed by atoms with E-state index < -0.39 is 11.0 Å². The van der Waals surface area contributed by atoms with Crippen molar-refractivity contribution in [1.82, 2.24) is 0 Å². The molecule has 1 aliphatic heterocycles. The third kappa shape index (κ3) is 4.24. The summed E-state index contributed by atoms with van der Waals surface area (Å²) < 4.78 is 5.33. The molecule has 1 saturated heterocycles. The fourth-order valence-corrected chi connectivity index (χ4v) is 2.60. The normalized spacial score (nSPS) is 14.0. The van der Waals surface area contributed by atoms with E-state index in [4.69, 9.17) is 4.74 Å². The highest BCUT2D eigenvalue weighted by Gasteiger charge is 2.15. The van der Waals surface area contributed by atoms with E-state index in [1.807, 2.05) is 12.1 Å². The lowest BCUT2D eigenvalue weighted by Gasteiger charge is -2.28. The van der Waals surface area contributed by atoms with E-state index in [1.54, 1.807) is 24.3 Å². The van der Waals surface area contributed by atoms with Crippen molar-refractivity contribution in [3.05, 3.63) is 58.6 Å². The van der Waals surface area contributed by atoms with Gasteiger partial charge >= 0.3 is 6.03 Å². The predicted octanol–water partition coefficient (Wildman–Crippen LogP) is 3.08. The van der Waals surface area contributed by atoms with Gasteiger partial charge in [-0.15, -0.1) is 0 Å². The molecule has 8 heteroatoms. The van der Waals surface area contributed by atoms with Crippen LogP contribution in [0.2, 0.25) is 0 Å². The number of nitro groups is 1. The van der Waals surface area contributed by atoms with Gasteiger partial charge in [-0.05, 0) is 30.3 Å². The summed E-state index contributed by atoms with van der Waals surface area (Å²) in [6, 6.07) is 12.9. The van der Waals surface area contributed by atoms with Gasteiger partial charge in [0.05, 0.1) is 18.1 Å². The average Bonchev–Trinajstić information content (AvgIpc) is 2.63. The van der Waals surface area contributed by atoms with Crippen molar-refractivity contribution >= 4 is 28.8 Å². The summed E-state index contributed by atoms with van der Waals surface area (Å²) in [5.74, 6) is 0. The summed E-state index contributed by atoms with van der Waals surface area (Å²) in [5, 5.41) is 16.1. The molecule has 25 heavy (non-hydrogen) atoms. The lowest BCUT2D eigenvalue weighted by Crippen LogP contribution is -2.36. The van der Waals surface area contributed by atoms with Crippen LogP contribution in [0.25, 0.3) is 0 Å². The van der Waals surface area contributed by atoms with Crippen LogP contribution in [-0.2, 0) is 4.74 Å². The van der Waals surface area contributed by atoms with Crippen molar-refractivity contribution in [2.45, 2.75) is 0 Å². The zero-order chi connectivity index (χ0) is 17.6.